The second-order valence-corrected chi connectivity index (χ2v) is 5.44. The first-order valence-electron chi connectivity index (χ1n) is 5.89. The van der Waals surface area contributed by atoms with Crippen LogP contribution in [0.4, 0.5) is 0 Å². The Hall–Kier alpha value is -0.560. The van der Waals surface area contributed by atoms with Gasteiger partial charge in [0, 0.05) is 0 Å². The van der Waals surface area contributed by atoms with E-state index in [-0.39, 0.29) is 17.4 Å². The largest absolute Gasteiger partial charge is 0.393 e. The maximum absolute atomic E-state index is 9.41. The van der Waals surface area contributed by atoms with Gasteiger partial charge in [-0.25, -0.2) is 0 Å². The average Bonchev–Trinajstić information content (AvgIpc) is 2.39. The first-order valence-corrected chi connectivity index (χ1v) is 5.89. The van der Waals surface area contributed by atoms with E-state index in [9.17, 15) is 5.11 Å². The fraction of sp³-hybridized carbons (Fsp3) is 0.714. The molecule has 1 rings (SSSR count). The molecule has 1 nitrogen and oxygen atoms in total. The van der Waals surface area contributed by atoms with E-state index < -0.39 is 0 Å². The van der Waals surface area contributed by atoms with Crippen LogP contribution in [0.1, 0.15) is 41.0 Å². The third kappa shape index (κ3) is 2.72. The average molecular weight is 208 g/mol. The zero-order chi connectivity index (χ0) is 11.6. The number of hydrogen-bond donors (Lipinski definition) is 1. The molecule has 1 aliphatic carbocycles. The fourth-order valence-corrected chi connectivity index (χ4v) is 1.94. The van der Waals surface area contributed by atoms with E-state index in [2.05, 4.69) is 45.9 Å². The highest BCUT2D eigenvalue weighted by Crippen LogP contribution is 2.43. The van der Waals surface area contributed by atoms with Crippen molar-refractivity contribution in [1.82, 2.24) is 0 Å². The Morgan fingerprint density at radius 2 is 2.07 bits per heavy atom. The van der Waals surface area contributed by atoms with Crippen LogP contribution in [0.2, 0.25) is 0 Å². The molecule has 0 fully saturated rings. The van der Waals surface area contributed by atoms with Crippen molar-refractivity contribution < 1.29 is 5.11 Å². The maximum Gasteiger partial charge on any atom is 0.0572 e. The highest BCUT2D eigenvalue weighted by Gasteiger charge is 2.32. The third-order valence-corrected chi connectivity index (χ3v) is 4.03. The summed E-state index contributed by atoms with van der Waals surface area (Å²) in [5, 5.41) is 9.41. The molecule has 0 amide bonds. The molecule has 1 N–H and O–H groups in total. The van der Waals surface area contributed by atoms with Gasteiger partial charge in [0.2, 0.25) is 0 Å². The summed E-state index contributed by atoms with van der Waals surface area (Å²) in [6, 6.07) is 0. The number of aliphatic hydroxyl groups is 1. The highest BCUT2D eigenvalue weighted by molar-refractivity contribution is 5.22. The predicted molar refractivity (Wildman–Crippen MR) is 65.6 cm³/mol. The van der Waals surface area contributed by atoms with Crippen LogP contribution in [-0.4, -0.2) is 11.2 Å². The molecule has 0 aliphatic heterocycles. The predicted octanol–water partition coefficient (Wildman–Crippen LogP) is 3.55. The molecular formula is C14H24O. The Balaban J connectivity index is 2.62. The standard InChI is InChI=1S/C14H24O/c1-10(12(3)15)6-8-13-9-7-11(2)14(13,4)5/h6-8,10,12-13,15H,9H2,1-5H3/b8-6-. The lowest BCUT2D eigenvalue weighted by Gasteiger charge is -2.27. The molecule has 0 heterocycles. The van der Waals surface area contributed by atoms with Crippen molar-refractivity contribution in [2.45, 2.75) is 47.1 Å². The van der Waals surface area contributed by atoms with E-state index in [1.165, 1.54) is 5.57 Å². The van der Waals surface area contributed by atoms with E-state index in [1.54, 1.807) is 0 Å². The van der Waals surface area contributed by atoms with Crippen LogP contribution in [0.15, 0.2) is 23.8 Å². The molecule has 1 heteroatoms. The van der Waals surface area contributed by atoms with Crippen molar-refractivity contribution in [2.75, 3.05) is 0 Å². The van der Waals surface area contributed by atoms with Crippen LogP contribution in [-0.2, 0) is 0 Å². The molecule has 0 bridgehead atoms. The Morgan fingerprint density at radius 1 is 1.47 bits per heavy atom. The van der Waals surface area contributed by atoms with Gasteiger partial charge < -0.3 is 5.11 Å². The van der Waals surface area contributed by atoms with E-state index in [1.807, 2.05) is 6.92 Å². The summed E-state index contributed by atoms with van der Waals surface area (Å²) in [6.45, 7) is 10.7. The Bertz CT molecular complexity index is 271. The monoisotopic (exact) mass is 208 g/mol. The van der Waals surface area contributed by atoms with Crippen LogP contribution >= 0.6 is 0 Å². The summed E-state index contributed by atoms with van der Waals surface area (Å²) in [5.74, 6) is 0.848. The summed E-state index contributed by atoms with van der Waals surface area (Å²) in [4.78, 5) is 0. The van der Waals surface area contributed by atoms with Gasteiger partial charge in [-0.15, -0.1) is 0 Å². The zero-order valence-corrected chi connectivity index (χ0v) is 10.6. The first-order chi connectivity index (χ1) is 6.85. The van der Waals surface area contributed by atoms with Gasteiger partial charge in [0.1, 0.15) is 0 Å². The van der Waals surface area contributed by atoms with E-state index in [0.717, 1.165) is 6.42 Å². The minimum atomic E-state index is -0.250. The molecule has 1 aliphatic rings. The normalized spacial score (nSPS) is 29.2. The molecule has 0 saturated heterocycles. The summed E-state index contributed by atoms with van der Waals surface area (Å²) >= 11 is 0. The lowest BCUT2D eigenvalue weighted by molar-refractivity contribution is 0.156. The summed E-state index contributed by atoms with van der Waals surface area (Å²) in [7, 11) is 0. The van der Waals surface area contributed by atoms with Crippen LogP contribution in [0.5, 0.6) is 0 Å². The number of hydrogen-bond acceptors (Lipinski definition) is 1. The number of rotatable bonds is 3. The van der Waals surface area contributed by atoms with Crippen LogP contribution < -0.4 is 0 Å². The van der Waals surface area contributed by atoms with Crippen molar-refractivity contribution in [2.24, 2.45) is 17.3 Å². The summed E-state index contributed by atoms with van der Waals surface area (Å²) in [6.07, 6.45) is 7.66. The van der Waals surface area contributed by atoms with Gasteiger partial charge >= 0.3 is 0 Å². The minimum Gasteiger partial charge on any atom is -0.393 e. The van der Waals surface area contributed by atoms with Crippen molar-refractivity contribution in [3.05, 3.63) is 23.8 Å². The highest BCUT2D eigenvalue weighted by atomic mass is 16.3. The van der Waals surface area contributed by atoms with Crippen molar-refractivity contribution >= 4 is 0 Å². The van der Waals surface area contributed by atoms with Gasteiger partial charge in [0.25, 0.3) is 0 Å². The molecule has 0 aromatic carbocycles. The molecule has 0 spiro atoms. The van der Waals surface area contributed by atoms with Gasteiger partial charge in [-0.05, 0) is 37.5 Å². The van der Waals surface area contributed by atoms with Gasteiger partial charge in [0.15, 0.2) is 0 Å². The van der Waals surface area contributed by atoms with Gasteiger partial charge in [-0.1, -0.05) is 44.6 Å². The van der Waals surface area contributed by atoms with Gasteiger partial charge in [0.05, 0.1) is 6.10 Å². The van der Waals surface area contributed by atoms with Crippen molar-refractivity contribution in [3.63, 3.8) is 0 Å². The fourth-order valence-electron chi connectivity index (χ4n) is 1.94. The third-order valence-electron chi connectivity index (χ3n) is 4.03. The molecule has 3 atom stereocenters. The summed E-state index contributed by atoms with van der Waals surface area (Å²) < 4.78 is 0. The van der Waals surface area contributed by atoms with E-state index >= 15 is 0 Å². The van der Waals surface area contributed by atoms with Crippen LogP contribution in [0, 0.1) is 17.3 Å². The molecule has 0 saturated carbocycles. The Labute approximate surface area is 93.9 Å². The molecule has 0 radical (unpaired) electrons. The molecule has 0 aromatic heterocycles. The topological polar surface area (TPSA) is 20.2 Å². The SMILES string of the molecule is CC1=CCC(/C=C\C(C)C(C)O)C1(C)C. The molecule has 15 heavy (non-hydrogen) atoms. The van der Waals surface area contributed by atoms with Crippen LogP contribution in [0.3, 0.4) is 0 Å². The second kappa shape index (κ2) is 4.52. The lowest BCUT2D eigenvalue weighted by Crippen LogP contribution is -2.19. The lowest BCUT2D eigenvalue weighted by atomic mass is 9.77. The molecule has 86 valence electrons. The second-order valence-electron chi connectivity index (χ2n) is 5.44. The molecule has 3 unspecified atom stereocenters. The van der Waals surface area contributed by atoms with Crippen molar-refractivity contribution in [1.29, 1.82) is 0 Å². The van der Waals surface area contributed by atoms with Crippen LogP contribution in [0.25, 0.3) is 0 Å². The number of aliphatic hydroxyl groups excluding tert-OH is 1. The van der Waals surface area contributed by atoms with Gasteiger partial charge in [-0.3, -0.25) is 0 Å². The maximum atomic E-state index is 9.41. The molecule has 0 aromatic rings. The summed E-state index contributed by atoms with van der Waals surface area (Å²) in [5.41, 5.74) is 1.77. The number of allylic oxidation sites excluding steroid dienone is 3. The Morgan fingerprint density at radius 3 is 2.47 bits per heavy atom. The minimum absolute atomic E-state index is 0.250. The van der Waals surface area contributed by atoms with Gasteiger partial charge in [-0.2, -0.15) is 0 Å². The van der Waals surface area contributed by atoms with E-state index in [0.29, 0.717) is 5.92 Å². The first kappa shape index (κ1) is 12.5. The van der Waals surface area contributed by atoms with Crippen molar-refractivity contribution in [3.8, 4) is 0 Å². The smallest absolute Gasteiger partial charge is 0.0572 e. The zero-order valence-electron chi connectivity index (χ0n) is 10.6. The quantitative estimate of drug-likeness (QED) is 0.703. The molecular weight excluding hydrogens is 184 g/mol. The van der Waals surface area contributed by atoms with E-state index in [4.69, 9.17) is 0 Å². The Kier molecular flexibility index (Phi) is 3.77.